The summed E-state index contributed by atoms with van der Waals surface area (Å²) in [6.45, 7) is 5.83. The third kappa shape index (κ3) is 6.61. The summed E-state index contributed by atoms with van der Waals surface area (Å²) < 4.78 is 15.2. The van der Waals surface area contributed by atoms with E-state index in [-0.39, 0.29) is 5.97 Å². The number of ether oxygens (including phenoxy) is 3. The van der Waals surface area contributed by atoms with Gasteiger partial charge in [0.2, 0.25) is 0 Å². The predicted molar refractivity (Wildman–Crippen MR) is 65.8 cm³/mol. The lowest BCUT2D eigenvalue weighted by Gasteiger charge is -2.23. The number of esters is 1. The Morgan fingerprint density at radius 2 is 1.76 bits per heavy atom. The van der Waals surface area contributed by atoms with Gasteiger partial charge in [-0.05, 0) is 12.8 Å². The molecule has 0 aliphatic heterocycles. The molecule has 5 heteroatoms. The molecule has 0 radical (unpaired) electrons. The Morgan fingerprint density at radius 3 is 2.29 bits per heavy atom. The summed E-state index contributed by atoms with van der Waals surface area (Å²) in [7, 11) is 1.63. The van der Waals surface area contributed by atoms with Crippen LogP contribution in [0.25, 0.3) is 0 Å². The molecule has 0 spiro atoms. The molecule has 5 nitrogen and oxygen atoms in total. The molecule has 0 saturated carbocycles. The highest BCUT2D eigenvalue weighted by Gasteiger charge is 2.31. The average Bonchev–Trinajstić information content (AvgIpc) is 2.36. The molecule has 0 aliphatic carbocycles. The first-order chi connectivity index (χ1) is 8.10. The van der Waals surface area contributed by atoms with E-state index in [1.54, 1.807) is 7.11 Å². The van der Waals surface area contributed by atoms with Crippen molar-refractivity contribution in [3.05, 3.63) is 0 Å². The van der Waals surface area contributed by atoms with Gasteiger partial charge in [0.15, 0.2) is 0 Å². The first-order valence-corrected chi connectivity index (χ1v) is 6.13. The first kappa shape index (κ1) is 16.4. The molecule has 0 aromatic heterocycles. The molecule has 0 atom stereocenters. The summed E-state index contributed by atoms with van der Waals surface area (Å²) in [5, 5.41) is 0. The van der Waals surface area contributed by atoms with Crippen LogP contribution in [0.15, 0.2) is 0 Å². The molecular formula is C12H25NO4. The van der Waals surface area contributed by atoms with Crippen LogP contribution in [0, 0.1) is 0 Å². The van der Waals surface area contributed by atoms with E-state index in [4.69, 9.17) is 19.9 Å². The summed E-state index contributed by atoms with van der Waals surface area (Å²) >= 11 is 0. The summed E-state index contributed by atoms with van der Waals surface area (Å²) in [5.74, 6) is -0.320. The second kappa shape index (κ2) is 9.39. The Labute approximate surface area is 104 Å². The average molecular weight is 247 g/mol. The molecule has 0 bridgehead atoms. The fourth-order valence-electron chi connectivity index (χ4n) is 1.25. The topological polar surface area (TPSA) is 70.8 Å². The molecule has 102 valence electrons. The second-order valence-electron chi connectivity index (χ2n) is 3.96. The number of rotatable bonds is 10. The van der Waals surface area contributed by atoms with Crippen LogP contribution in [0.4, 0.5) is 0 Å². The highest BCUT2D eigenvalue weighted by atomic mass is 16.5. The van der Waals surface area contributed by atoms with Gasteiger partial charge in [-0.1, -0.05) is 13.8 Å². The van der Waals surface area contributed by atoms with Gasteiger partial charge in [-0.2, -0.15) is 0 Å². The zero-order valence-electron chi connectivity index (χ0n) is 11.2. The molecule has 0 aliphatic rings. The number of nitrogens with two attached hydrogens (primary N) is 1. The fraction of sp³-hybridized carbons (Fsp3) is 0.917. The minimum Gasteiger partial charge on any atom is -0.464 e. The Kier molecular flexibility index (Phi) is 9.03. The van der Waals surface area contributed by atoms with Gasteiger partial charge in [-0.25, -0.2) is 0 Å². The van der Waals surface area contributed by atoms with E-state index in [1.807, 2.05) is 13.8 Å². The molecular weight excluding hydrogens is 222 g/mol. The monoisotopic (exact) mass is 247 g/mol. The lowest BCUT2D eigenvalue weighted by Crippen LogP contribution is -2.48. The molecule has 2 N–H and O–H groups in total. The summed E-state index contributed by atoms with van der Waals surface area (Å²) in [5.41, 5.74) is 5.06. The summed E-state index contributed by atoms with van der Waals surface area (Å²) in [4.78, 5) is 11.7. The van der Waals surface area contributed by atoms with E-state index in [2.05, 4.69) is 0 Å². The van der Waals surface area contributed by atoms with Crippen molar-refractivity contribution in [2.24, 2.45) is 5.73 Å². The molecule has 0 rings (SSSR count). The number of carbonyl (C=O) groups excluding carboxylic acids is 1. The van der Waals surface area contributed by atoms with Crippen LogP contribution in [0.5, 0.6) is 0 Å². The molecule has 0 amide bonds. The molecule has 0 fully saturated rings. The summed E-state index contributed by atoms with van der Waals surface area (Å²) in [6.07, 6.45) is 1.86. The quantitative estimate of drug-likeness (QED) is 0.462. The maximum atomic E-state index is 11.7. The maximum absolute atomic E-state index is 11.7. The molecule has 0 unspecified atom stereocenters. The van der Waals surface area contributed by atoms with Crippen LogP contribution >= 0.6 is 0 Å². The number of methoxy groups -OCH3 is 1. The van der Waals surface area contributed by atoms with Crippen LogP contribution in [0.1, 0.15) is 33.1 Å². The molecule has 0 heterocycles. The largest absolute Gasteiger partial charge is 0.464 e. The first-order valence-electron chi connectivity index (χ1n) is 6.13. The predicted octanol–water partition coefficient (Wildman–Crippen LogP) is 1.10. The maximum Gasteiger partial charge on any atom is 0.326 e. The van der Waals surface area contributed by atoms with E-state index in [9.17, 15) is 4.79 Å². The van der Waals surface area contributed by atoms with E-state index in [1.165, 1.54) is 0 Å². The van der Waals surface area contributed by atoms with Crippen molar-refractivity contribution in [2.45, 2.75) is 38.6 Å². The highest BCUT2D eigenvalue weighted by Crippen LogP contribution is 2.13. The number of hydrogen-bond donors (Lipinski definition) is 1. The summed E-state index contributed by atoms with van der Waals surface area (Å²) in [6, 6.07) is 0. The minimum absolute atomic E-state index is 0.320. The van der Waals surface area contributed by atoms with E-state index >= 15 is 0 Å². The van der Waals surface area contributed by atoms with E-state index in [0.717, 1.165) is 0 Å². The minimum atomic E-state index is -0.836. The zero-order valence-corrected chi connectivity index (χ0v) is 11.2. The van der Waals surface area contributed by atoms with Gasteiger partial charge < -0.3 is 19.9 Å². The van der Waals surface area contributed by atoms with E-state index < -0.39 is 5.54 Å². The van der Waals surface area contributed by atoms with Crippen LogP contribution < -0.4 is 5.73 Å². The smallest absolute Gasteiger partial charge is 0.326 e. The van der Waals surface area contributed by atoms with Gasteiger partial charge in [-0.15, -0.1) is 0 Å². The fourth-order valence-corrected chi connectivity index (χ4v) is 1.25. The van der Waals surface area contributed by atoms with Gasteiger partial charge in [0.1, 0.15) is 5.54 Å². The van der Waals surface area contributed by atoms with Crippen LogP contribution in [-0.2, 0) is 19.0 Å². The van der Waals surface area contributed by atoms with E-state index in [0.29, 0.717) is 45.7 Å². The highest BCUT2D eigenvalue weighted by molar-refractivity contribution is 5.80. The number of carbonyl (C=O) groups is 1. The van der Waals surface area contributed by atoms with Gasteiger partial charge in [-0.3, -0.25) is 4.79 Å². The SMILES string of the molecule is CCC(N)(CC)C(=O)OCCCOCCOC. The van der Waals surface area contributed by atoms with Crippen molar-refractivity contribution in [3.63, 3.8) is 0 Å². The number of hydrogen-bond acceptors (Lipinski definition) is 5. The van der Waals surface area contributed by atoms with Crippen molar-refractivity contribution in [1.29, 1.82) is 0 Å². The Hall–Kier alpha value is -0.650. The third-order valence-electron chi connectivity index (χ3n) is 2.77. The molecule has 0 aromatic carbocycles. The molecule has 0 saturated heterocycles. The van der Waals surface area contributed by atoms with Crippen molar-refractivity contribution in [2.75, 3.05) is 33.5 Å². The Bertz CT molecular complexity index is 205. The second-order valence-corrected chi connectivity index (χ2v) is 3.96. The van der Waals surface area contributed by atoms with Crippen LogP contribution in [0.2, 0.25) is 0 Å². The Morgan fingerprint density at radius 1 is 1.12 bits per heavy atom. The third-order valence-corrected chi connectivity index (χ3v) is 2.77. The lowest BCUT2D eigenvalue weighted by molar-refractivity contribution is -0.150. The van der Waals surface area contributed by atoms with Crippen molar-refractivity contribution >= 4 is 5.97 Å². The van der Waals surface area contributed by atoms with Gasteiger partial charge in [0.25, 0.3) is 0 Å². The zero-order chi connectivity index (χ0) is 13.1. The van der Waals surface area contributed by atoms with Crippen molar-refractivity contribution in [3.8, 4) is 0 Å². The van der Waals surface area contributed by atoms with Gasteiger partial charge in [0.05, 0.1) is 19.8 Å². The van der Waals surface area contributed by atoms with Gasteiger partial charge >= 0.3 is 5.97 Å². The van der Waals surface area contributed by atoms with Crippen molar-refractivity contribution < 1.29 is 19.0 Å². The van der Waals surface area contributed by atoms with Gasteiger partial charge in [0, 0.05) is 20.1 Å². The van der Waals surface area contributed by atoms with Crippen LogP contribution in [0.3, 0.4) is 0 Å². The molecule has 0 aromatic rings. The molecule has 17 heavy (non-hydrogen) atoms. The Balaban J connectivity index is 3.57. The van der Waals surface area contributed by atoms with Crippen LogP contribution in [-0.4, -0.2) is 45.0 Å². The normalized spacial score (nSPS) is 11.5. The van der Waals surface area contributed by atoms with Crippen molar-refractivity contribution in [1.82, 2.24) is 0 Å². The standard InChI is InChI=1S/C12H25NO4/c1-4-12(13,5-2)11(14)17-8-6-7-16-10-9-15-3/h4-10,13H2,1-3H3. The lowest BCUT2D eigenvalue weighted by atomic mass is 9.95.